The van der Waals surface area contributed by atoms with Gasteiger partial charge in [0.1, 0.15) is 13.2 Å². The average molecular weight is 384 g/mol. The molecular weight excluding hydrogens is 358 g/mol. The molecule has 0 aromatic heterocycles. The van der Waals surface area contributed by atoms with Crippen LogP contribution in [0.15, 0.2) is 42.5 Å². The summed E-state index contributed by atoms with van der Waals surface area (Å²) in [5, 5.41) is 7.14. The van der Waals surface area contributed by atoms with Gasteiger partial charge in [0.15, 0.2) is 16.6 Å². The van der Waals surface area contributed by atoms with E-state index in [4.69, 9.17) is 21.7 Å². The molecule has 0 bridgehead atoms. The highest BCUT2D eigenvalue weighted by atomic mass is 32.1. The van der Waals surface area contributed by atoms with Gasteiger partial charge in [0.25, 0.3) is 0 Å². The zero-order valence-electron chi connectivity index (χ0n) is 15.5. The topological polar surface area (TPSA) is 45.8 Å². The third-order valence-corrected chi connectivity index (χ3v) is 5.26. The predicted molar refractivity (Wildman–Crippen MR) is 113 cm³/mol. The fraction of sp³-hybridized carbons (Fsp3) is 0.381. The van der Waals surface area contributed by atoms with Gasteiger partial charge in [0.2, 0.25) is 0 Å². The number of hydrogen-bond donors (Lipinski definition) is 2. The largest absolute Gasteiger partial charge is 0.486 e. The number of nitrogens with one attached hydrogen (secondary N) is 2. The molecule has 2 aromatic carbocycles. The molecule has 5 nitrogen and oxygen atoms in total. The Morgan fingerprint density at radius 3 is 2.85 bits per heavy atom. The van der Waals surface area contributed by atoms with Crippen LogP contribution in [-0.2, 0) is 6.42 Å². The molecule has 142 valence electrons. The van der Waals surface area contributed by atoms with Gasteiger partial charge in [-0.2, -0.15) is 0 Å². The molecule has 0 fully saturated rings. The van der Waals surface area contributed by atoms with Gasteiger partial charge in [-0.1, -0.05) is 18.2 Å². The lowest BCUT2D eigenvalue weighted by atomic mass is 10.1. The van der Waals surface area contributed by atoms with Gasteiger partial charge in [0, 0.05) is 36.6 Å². The maximum atomic E-state index is 5.61. The number of fused-ring (bicyclic) bond motifs is 2. The van der Waals surface area contributed by atoms with Crippen molar-refractivity contribution in [1.29, 1.82) is 0 Å². The van der Waals surface area contributed by atoms with E-state index < -0.39 is 0 Å². The molecule has 0 amide bonds. The molecule has 2 heterocycles. The third kappa shape index (κ3) is 4.11. The Hall–Kier alpha value is -2.47. The summed E-state index contributed by atoms with van der Waals surface area (Å²) < 4.78 is 11.1. The molecule has 27 heavy (non-hydrogen) atoms. The first-order valence-electron chi connectivity index (χ1n) is 9.50. The van der Waals surface area contributed by atoms with Gasteiger partial charge < -0.3 is 25.0 Å². The molecule has 2 aliphatic heterocycles. The van der Waals surface area contributed by atoms with Crippen LogP contribution in [0.4, 0.5) is 11.4 Å². The lowest BCUT2D eigenvalue weighted by molar-refractivity contribution is 0.171. The maximum absolute atomic E-state index is 5.61. The van der Waals surface area contributed by atoms with Crippen molar-refractivity contribution in [3.05, 3.63) is 48.0 Å². The van der Waals surface area contributed by atoms with Crippen molar-refractivity contribution in [2.75, 3.05) is 36.5 Å². The number of thiocarbonyl (C=S) groups is 1. The van der Waals surface area contributed by atoms with E-state index >= 15 is 0 Å². The first-order chi connectivity index (χ1) is 13.2. The summed E-state index contributed by atoms with van der Waals surface area (Å²) in [6.07, 6.45) is 2.16. The Labute approximate surface area is 165 Å². The smallest absolute Gasteiger partial charge is 0.170 e. The van der Waals surface area contributed by atoms with Crippen LogP contribution >= 0.6 is 12.2 Å². The van der Waals surface area contributed by atoms with Crippen LogP contribution in [0.25, 0.3) is 0 Å². The van der Waals surface area contributed by atoms with Crippen molar-refractivity contribution >= 4 is 28.7 Å². The molecule has 2 aromatic rings. The van der Waals surface area contributed by atoms with Gasteiger partial charge in [-0.05, 0) is 55.7 Å². The maximum Gasteiger partial charge on any atom is 0.170 e. The molecule has 0 spiro atoms. The molecular formula is C21H25N3O2S. The number of para-hydroxylation sites is 1. The summed E-state index contributed by atoms with van der Waals surface area (Å²) in [6, 6.07) is 15.0. The van der Waals surface area contributed by atoms with Gasteiger partial charge in [0.05, 0.1) is 0 Å². The summed E-state index contributed by atoms with van der Waals surface area (Å²) in [6.45, 7) is 5.33. The van der Waals surface area contributed by atoms with Crippen molar-refractivity contribution in [2.24, 2.45) is 0 Å². The molecule has 4 rings (SSSR count). The van der Waals surface area contributed by atoms with Crippen molar-refractivity contribution in [2.45, 2.75) is 25.8 Å². The van der Waals surface area contributed by atoms with Gasteiger partial charge in [-0.25, -0.2) is 0 Å². The van der Waals surface area contributed by atoms with E-state index in [0.29, 0.717) is 24.4 Å². The van der Waals surface area contributed by atoms with E-state index in [0.717, 1.165) is 43.1 Å². The van der Waals surface area contributed by atoms with Gasteiger partial charge in [-0.3, -0.25) is 0 Å². The van der Waals surface area contributed by atoms with E-state index in [2.05, 4.69) is 46.7 Å². The molecule has 1 atom stereocenters. The van der Waals surface area contributed by atoms with Crippen LogP contribution in [0, 0.1) is 0 Å². The Balaban J connectivity index is 1.23. The zero-order chi connectivity index (χ0) is 18.6. The van der Waals surface area contributed by atoms with E-state index in [9.17, 15) is 0 Å². The van der Waals surface area contributed by atoms with Crippen molar-refractivity contribution < 1.29 is 9.47 Å². The minimum atomic E-state index is 0.560. The zero-order valence-corrected chi connectivity index (χ0v) is 16.3. The van der Waals surface area contributed by atoms with Crippen molar-refractivity contribution in [3.8, 4) is 11.5 Å². The molecule has 0 saturated heterocycles. The fourth-order valence-corrected chi connectivity index (χ4v) is 3.94. The Morgan fingerprint density at radius 1 is 1.15 bits per heavy atom. The van der Waals surface area contributed by atoms with Crippen molar-refractivity contribution in [1.82, 2.24) is 5.32 Å². The lowest BCUT2D eigenvalue weighted by Crippen LogP contribution is -2.34. The first-order valence-corrected chi connectivity index (χ1v) is 9.90. The highest BCUT2D eigenvalue weighted by molar-refractivity contribution is 7.80. The first kappa shape index (κ1) is 17.9. The van der Waals surface area contributed by atoms with Crippen LogP contribution in [0.1, 0.15) is 18.9 Å². The number of hydrogen-bond acceptors (Lipinski definition) is 4. The number of ether oxygens (including phenoxy) is 2. The minimum absolute atomic E-state index is 0.560. The highest BCUT2D eigenvalue weighted by Crippen LogP contribution is 2.33. The monoisotopic (exact) mass is 383 g/mol. The lowest BCUT2D eigenvalue weighted by Gasteiger charge is -2.25. The number of benzene rings is 2. The van der Waals surface area contributed by atoms with Crippen LogP contribution in [0.2, 0.25) is 0 Å². The second-order valence-corrected chi connectivity index (χ2v) is 7.38. The summed E-state index contributed by atoms with van der Waals surface area (Å²) in [4.78, 5) is 2.49. The van der Waals surface area contributed by atoms with E-state index in [1.165, 1.54) is 11.3 Å². The SMILES string of the molecule is CC1Cc2ccccc2N1CCCNC(=S)Nc1ccc2c(c1)OCCO2. The predicted octanol–water partition coefficient (Wildman–Crippen LogP) is 3.59. The third-order valence-electron chi connectivity index (χ3n) is 5.01. The van der Waals surface area contributed by atoms with Crippen LogP contribution in [-0.4, -0.2) is 37.5 Å². The van der Waals surface area contributed by atoms with Crippen LogP contribution in [0.3, 0.4) is 0 Å². The second-order valence-electron chi connectivity index (χ2n) is 6.97. The van der Waals surface area contributed by atoms with Gasteiger partial charge in [-0.15, -0.1) is 0 Å². The second kappa shape index (κ2) is 8.05. The molecule has 0 radical (unpaired) electrons. The Kier molecular flexibility index (Phi) is 5.34. The van der Waals surface area contributed by atoms with E-state index in [1.807, 2.05) is 18.2 Å². The van der Waals surface area contributed by atoms with Crippen LogP contribution < -0.4 is 25.0 Å². The molecule has 6 heteroatoms. The fourth-order valence-electron chi connectivity index (χ4n) is 3.72. The summed E-state index contributed by atoms with van der Waals surface area (Å²) in [5.74, 6) is 1.54. The number of rotatable bonds is 5. The molecule has 1 unspecified atom stereocenters. The molecule has 0 aliphatic carbocycles. The number of nitrogens with zero attached hydrogens (tertiary/aromatic N) is 1. The van der Waals surface area contributed by atoms with Gasteiger partial charge >= 0.3 is 0 Å². The summed E-state index contributed by atoms with van der Waals surface area (Å²) in [7, 11) is 0. The molecule has 2 aliphatic rings. The molecule has 2 N–H and O–H groups in total. The van der Waals surface area contributed by atoms with E-state index in [-0.39, 0.29) is 0 Å². The van der Waals surface area contributed by atoms with Crippen LogP contribution in [0.5, 0.6) is 11.5 Å². The van der Waals surface area contributed by atoms with Crippen molar-refractivity contribution in [3.63, 3.8) is 0 Å². The highest BCUT2D eigenvalue weighted by Gasteiger charge is 2.24. The minimum Gasteiger partial charge on any atom is -0.486 e. The Morgan fingerprint density at radius 2 is 1.96 bits per heavy atom. The quantitative estimate of drug-likeness (QED) is 0.608. The standard InChI is InChI=1S/C21H25N3O2S/c1-15-13-16-5-2-3-6-18(16)24(15)10-4-9-22-21(27)23-17-7-8-19-20(14-17)26-12-11-25-19/h2-3,5-8,14-15H,4,9-13H2,1H3,(H2,22,23,27). The summed E-state index contributed by atoms with van der Waals surface area (Å²) >= 11 is 5.42. The number of anilines is 2. The summed E-state index contributed by atoms with van der Waals surface area (Å²) in [5.41, 5.74) is 3.73. The Bertz CT molecular complexity index is 827. The average Bonchev–Trinajstić information content (AvgIpc) is 3.00. The normalized spacial score (nSPS) is 17.4. The molecule has 0 saturated carbocycles. The van der Waals surface area contributed by atoms with E-state index in [1.54, 1.807) is 0 Å².